The van der Waals surface area contributed by atoms with Crippen molar-refractivity contribution in [1.29, 1.82) is 5.26 Å². The van der Waals surface area contributed by atoms with Gasteiger partial charge in [0.15, 0.2) is 3.95 Å². The molecular weight excluding hydrogens is 318 g/mol. The molecule has 5 nitrogen and oxygen atoms in total. The Bertz CT molecular complexity index is 926. The Labute approximate surface area is 136 Å². The van der Waals surface area contributed by atoms with E-state index in [0.717, 1.165) is 15.8 Å². The van der Waals surface area contributed by atoms with Gasteiger partial charge in [0, 0.05) is 18.8 Å². The van der Waals surface area contributed by atoms with Crippen molar-refractivity contribution in [3.8, 4) is 6.07 Å². The number of hydrogen-bond donors (Lipinski definition) is 1. The minimum absolute atomic E-state index is 0.322. The third-order valence-corrected chi connectivity index (χ3v) is 4.43. The number of ether oxygens (including phenoxy) is 1. The molecule has 0 amide bonds. The third kappa shape index (κ3) is 3.35. The Hall–Kier alpha value is -2.17. The van der Waals surface area contributed by atoms with Crippen LogP contribution in [0, 0.1) is 22.2 Å². The molecule has 2 rings (SSSR count). The van der Waals surface area contributed by atoms with Gasteiger partial charge in [0.2, 0.25) is 0 Å². The maximum absolute atomic E-state index is 11.6. The van der Waals surface area contributed by atoms with Crippen molar-refractivity contribution >= 4 is 41.7 Å². The van der Waals surface area contributed by atoms with Crippen LogP contribution in [0.2, 0.25) is 0 Å². The lowest BCUT2D eigenvalue weighted by Gasteiger charge is -1.97. The molecule has 0 spiro atoms. The average molecular weight is 333 g/mol. The van der Waals surface area contributed by atoms with E-state index in [1.165, 1.54) is 17.4 Å². The monoisotopic (exact) mass is 333 g/mol. The second kappa shape index (κ2) is 6.73. The first kappa shape index (κ1) is 16.2. The summed E-state index contributed by atoms with van der Waals surface area (Å²) in [6.45, 7) is 4.02. The van der Waals surface area contributed by atoms with E-state index in [-0.39, 0.29) is 0 Å². The number of aromatic nitrogens is 2. The molecule has 0 saturated carbocycles. The van der Waals surface area contributed by atoms with Gasteiger partial charge in [0.05, 0.1) is 16.5 Å². The molecule has 2 aromatic rings. The third-order valence-electron chi connectivity index (χ3n) is 3.23. The van der Waals surface area contributed by atoms with E-state index in [0.29, 0.717) is 21.6 Å². The minimum atomic E-state index is -0.413. The average Bonchev–Trinajstić information content (AvgIpc) is 2.93. The van der Waals surface area contributed by atoms with Crippen molar-refractivity contribution in [1.82, 2.24) is 9.55 Å². The van der Waals surface area contributed by atoms with Crippen LogP contribution in [0.15, 0.2) is 6.07 Å². The van der Waals surface area contributed by atoms with Gasteiger partial charge in [-0.3, -0.25) is 0 Å². The molecule has 0 saturated heterocycles. The minimum Gasteiger partial charge on any atom is -0.463 e. The number of nitrogens with one attached hydrogen (secondary N) is 1. The van der Waals surface area contributed by atoms with Crippen molar-refractivity contribution in [2.45, 2.75) is 13.8 Å². The second-order valence-electron chi connectivity index (χ2n) is 4.57. The number of nitrogens with zero attached hydrogens (tertiary/aromatic N) is 2. The molecule has 0 radical (unpaired) electrons. The molecule has 22 heavy (non-hydrogen) atoms. The number of hydrogen-bond acceptors (Lipinski definition) is 5. The summed E-state index contributed by atoms with van der Waals surface area (Å²) in [4.78, 5) is 14.6. The second-order valence-corrected chi connectivity index (χ2v) is 6.29. The summed E-state index contributed by atoms with van der Waals surface area (Å²) in [5.74, 6) is -0.413. The summed E-state index contributed by atoms with van der Waals surface area (Å²) in [5, 5.41) is 9.71. The number of carbonyl (C=O) groups is 1. The maximum Gasteiger partial charge on any atom is 0.332 e. The molecule has 0 atom stereocenters. The van der Waals surface area contributed by atoms with Crippen molar-refractivity contribution in [2.75, 3.05) is 6.61 Å². The molecule has 0 aliphatic rings. The van der Waals surface area contributed by atoms with Crippen LogP contribution in [0.25, 0.3) is 12.2 Å². The van der Waals surface area contributed by atoms with Crippen molar-refractivity contribution in [3.05, 3.63) is 36.9 Å². The van der Waals surface area contributed by atoms with Crippen LogP contribution in [-0.4, -0.2) is 22.1 Å². The lowest BCUT2D eigenvalue weighted by Crippen LogP contribution is -2.23. The van der Waals surface area contributed by atoms with Gasteiger partial charge in [0.25, 0.3) is 0 Å². The van der Waals surface area contributed by atoms with Gasteiger partial charge in [-0.1, -0.05) is 0 Å². The van der Waals surface area contributed by atoms with E-state index in [1.54, 1.807) is 6.92 Å². The highest BCUT2D eigenvalue weighted by Crippen LogP contribution is 2.13. The first-order chi connectivity index (χ1) is 10.5. The summed E-state index contributed by atoms with van der Waals surface area (Å²) in [6, 6.07) is 3.96. The molecule has 2 heterocycles. The van der Waals surface area contributed by atoms with Crippen LogP contribution in [0.1, 0.15) is 23.9 Å². The summed E-state index contributed by atoms with van der Waals surface area (Å²) in [6.07, 6.45) is 3.31. The van der Waals surface area contributed by atoms with Gasteiger partial charge in [0.1, 0.15) is 11.8 Å². The molecule has 7 heteroatoms. The predicted molar refractivity (Wildman–Crippen MR) is 88.3 cm³/mol. The normalized spacial score (nSPS) is 12.5. The molecule has 0 bridgehead atoms. The Morgan fingerprint density at radius 1 is 1.64 bits per heavy atom. The fourth-order valence-electron chi connectivity index (χ4n) is 1.99. The largest absolute Gasteiger partial charge is 0.463 e. The van der Waals surface area contributed by atoms with Crippen molar-refractivity contribution < 1.29 is 9.53 Å². The van der Waals surface area contributed by atoms with Crippen LogP contribution >= 0.6 is 23.6 Å². The van der Waals surface area contributed by atoms with Gasteiger partial charge in [-0.15, -0.1) is 11.3 Å². The maximum atomic E-state index is 11.6. The zero-order valence-corrected chi connectivity index (χ0v) is 14.1. The fourth-order valence-corrected chi connectivity index (χ4v) is 3.13. The lowest BCUT2D eigenvalue weighted by molar-refractivity contribution is -0.135. The number of rotatable bonds is 3. The van der Waals surface area contributed by atoms with Gasteiger partial charge in [-0.05, 0) is 43.8 Å². The van der Waals surface area contributed by atoms with E-state index < -0.39 is 5.97 Å². The Morgan fingerprint density at radius 3 is 2.95 bits per heavy atom. The van der Waals surface area contributed by atoms with Crippen molar-refractivity contribution in [3.63, 3.8) is 0 Å². The number of carbonyl (C=O) groups excluding carboxylic acids is 1. The molecular formula is C15H15N3O2S2. The molecule has 1 N–H and O–H groups in total. The predicted octanol–water partition coefficient (Wildman–Crippen LogP) is 1.50. The van der Waals surface area contributed by atoms with Gasteiger partial charge in [-0.2, -0.15) is 5.26 Å². The van der Waals surface area contributed by atoms with Crippen LogP contribution in [0.4, 0.5) is 0 Å². The number of H-pyrrole nitrogens is 1. The van der Waals surface area contributed by atoms with E-state index in [1.807, 2.05) is 30.7 Å². The molecule has 0 unspecified atom stereocenters. The highest BCUT2D eigenvalue weighted by molar-refractivity contribution is 7.73. The quantitative estimate of drug-likeness (QED) is 0.682. The smallest absolute Gasteiger partial charge is 0.332 e. The van der Waals surface area contributed by atoms with Gasteiger partial charge < -0.3 is 14.3 Å². The van der Waals surface area contributed by atoms with Crippen LogP contribution in [0.5, 0.6) is 0 Å². The van der Waals surface area contributed by atoms with E-state index in [9.17, 15) is 4.79 Å². The highest BCUT2D eigenvalue weighted by atomic mass is 32.1. The molecule has 0 aromatic carbocycles. The number of thiazole rings is 1. The lowest BCUT2D eigenvalue weighted by atomic mass is 10.2. The summed E-state index contributed by atoms with van der Waals surface area (Å²) >= 11 is 6.53. The summed E-state index contributed by atoms with van der Waals surface area (Å²) in [5.41, 5.74) is 2.47. The molecule has 0 aliphatic heterocycles. The van der Waals surface area contributed by atoms with E-state index >= 15 is 0 Å². The summed E-state index contributed by atoms with van der Waals surface area (Å²) in [7, 11) is 1.84. The first-order valence-electron chi connectivity index (χ1n) is 6.62. The Balaban J connectivity index is 2.61. The fraction of sp³-hybridized carbons (Fsp3) is 0.267. The molecule has 2 aromatic heterocycles. The van der Waals surface area contributed by atoms with Crippen molar-refractivity contribution in [2.24, 2.45) is 7.05 Å². The molecule has 114 valence electrons. The first-order valence-corrected chi connectivity index (χ1v) is 7.84. The van der Waals surface area contributed by atoms with Gasteiger partial charge in [-0.25, -0.2) is 4.79 Å². The number of esters is 1. The van der Waals surface area contributed by atoms with E-state index in [4.69, 9.17) is 22.2 Å². The highest BCUT2D eigenvalue weighted by Gasteiger charge is 2.07. The number of aromatic amines is 1. The topological polar surface area (TPSA) is 70.8 Å². The summed E-state index contributed by atoms with van der Waals surface area (Å²) < 4.78 is 8.15. The number of nitriles is 1. The van der Waals surface area contributed by atoms with Crippen LogP contribution in [0.3, 0.4) is 0 Å². The van der Waals surface area contributed by atoms with Crippen LogP contribution in [-0.2, 0) is 16.6 Å². The van der Waals surface area contributed by atoms with Gasteiger partial charge >= 0.3 is 5.97 Å². The van der Waals surface area contributed by atoms with E-state index in [2.05, 4.69) is 11.1 Å². The zero-order valence-electron chi connectivity index (χ0n) is 12.5. The Kier molecular flexibility index (Phi) is 4.96. The molecule has 0 aliphatic carbocycles. The Morgan fingerprint density at radius 2 is 2.36 bits per heavy atom. The molecule has 0 fully saturated rings. The zero-order chi connectivity index (χ0) is 16.3. The standard InChI is InChI=1S/C15H15N3O2S2/c1-4-20-14(19)7-12-13(22-15(21)17-12)6-10-5-11(8-16)18(3)9(10)2/h5-7H,4H2,1-3H3,(H,17,21)/b12-7-,13-6-. The SMILES string of the molecule is CCOC(=O)/C=c1\[nH]c(=S)s\c1=C/c1cc(C#N)n(C)c1C. The van der Waals surface area contributed by atoms with Crippen LogP contribution < -0.4 is 9.88 Å².